The topological polar surface area (TPSA) is 49.4 Å². The highest BCUT2D eigenvalue weighted by Crippen LogP contribution is 2.49. The molecule has 1 unspecified atom stereocenters. The predicted octanol–water partition coefficient (Wildman–Crippen LogP) is 3.50. The summed E-state index contributed by atoms with van der Waals surface area (Å²) in [6.07, 6.45) is 10.9. The van der Waals surface area contributed by atoms with E-state index in [-0.39, 0.29) is 5.91 Å². The van der Waals surface area contributed by atoms with Gasteiger partial charge in [-0.1, -0.05) is 33.1 Å². The van der Waals surface area contributed by atoms with Gasteiger partial charge in [0.25, 0.3) is 0 Å². The lowest BCUT2D eigenvalue weighted by atomic mass is 9.66. The van der Waals surface area contributed by atoms with Crippen LogP contribution in [-0.2, 0) is 9.59 Å². The van der Waals surface area contributed by atoms with Gasteiger partial charge in [-0.2, -0.15) is 0 Å². The molecule has 1 saturated heterocycles. The van der Waals surface area contributed by atoms with Crippen molar-refractivity contribution in [1.29, 1.82) is 0 Å². The lowest BCUT2D eigenvalue weighted by Gasteiger charge is -2.38. The highest BCUT2D eigenvalue weighted by atomic mass is 16.2. The Morgan fingerprint density at radius 3 is 2.50 bits per heavy atom. The van der Waals surface area contributed by atoms with E-state index >= 15 is 0 Å². The molecule has 24 heavy (non-hydrogen) atoms. The summed E-state index contributed by atoms with van der Waals surface area (Å²) in [5, 5.41) is 3.11. The molecule has 0 aromatic heterocycles. The van der Waals surface area contributed by atoms with E-state index in [9.17, 15) is 9.59 Å². The smallest absolute Gasteiger partial charge is 0.222 e. The lowest BCUT2D eigenvalue weighted by molar-refractivity contribution is -0.131. The fourth-order valence-electron chi connectivity index (χ4n) is 4.75. The maximum absolute atomic E-state index is 12.6. The van der Waals surface area contributed by atoms with Crippen molar-refractivity contribution in [3.63, 3.8) is 0 Å². The Morgan fingerprint density at radius 1 is 1.17 bits per heavy atom. The van der Waals surface area contributed by atoms with Gasteiger partial charge in [-0.25, -0.2) is 0 Å². The molecule has 0 bridgehead atoms. The molecule has 2 amide bonds. The van der Waals surface area contributed by atoms with Crippen LogP contribution in [0.5, 0.6) is 0 Å². The average Bonchev–Trinajstić information content (AvgIpc) is 3.27. The Kier molecular flexibility index (Phi) is 5.51. The molecular weight excluding hydrogens is 300 g/mol. The molecule has 1 aliphatic heterocycles. The predicted molar refractivity (Wildman–Crippen MR) is 95.4 cm³/mol. The van der Waals surface area contributed by atoms with Crippen molar-refractivity contribution in [2.24, 2.45) is 17.3 Å². The fraction of sp³-hybridized carbons (Fsp3) is 0.900. The standard InChI is InChI=1S/C20H34N2O2/c1-15(2)12-19(24)22-13-16(6-9-18(23)21-17-7-8-17)20(14-22)10-4-3-5-11-20/h15-17H,3-14H2,1-2H3,(H,21,23). The van der Waals surface area contributed by atoms with Gasteiger partial charge in [0, 0.05) is 32.0 Å². The van der Waals surface area contributed by atoms with E-state index in [1.807, 2.05) is 0 Å². The molecule has 3 aliphatic rings. The van der Waals surface area contributed by atoms with Gasteiger partial charge in [0.15, 0.2) is 0 Å². The number of carbonyl (C=O) groups is 2. The van der Waals surface area contributed by atoms with Crippen molar-refractivity contribution in [2.75, 3.05) is 13.1 Å². The molecule has 136 valence electrons. The minimum Gasteiger partial charge on any atom is -0.353 e. The van der Waals surface area contributed by atoms with Crippen LogP contribution in [0.4, 0.5) is 0 Å². The Bertz CT molecular complexity index is 464. The Labute approximate surface area is 146 Å². The van der Waals surface area contributed by atoms with Gasteiger partial charge >= 0.3 is 0 Å². The van der Waals surface area contributed by atoms with Crippen molar-refractivity contribution < 1.29 is 9.59 Å². The first-order valence-corrected chi connectivity index (χ1v) is 10.1. The quantitative estimate of drug-likeness (QED) is 0.808. The van der Waals surface area contributed by atoms with Crippen molar-refractivity contribution in [2.45, 2.75) is 84.1 Å². The number of nitrogens with zero attached hydrogens (tertiary/aromatic N) is 1. The van der Waals surface area contributed by atoms with Gasteiger partial charge in [-0.15, -0.1) is 0 Å². The third-order valence-electron chi connectivity index (χ3n) is 6.26. The first-order chi connectivity index (χ1) is 11.5. The van der Waals surface area contributed by atoms with Gasteiger partial charge in [-0.3, -0.25) is 9.59 Å². The van der Waals surface area contributed by atoms with Crippen LogP contribution in [0.15, 0.2) is 0 Å². The van der Waals surface area contributed by atoms with Crippen LogP contribution in [-0.4, -0.2) is 35.8 Å². The van der Waals surface area contributed by atoms with E-state index in [0.717, 1.165) is 32.4 Å². The third-order valence-corrected chi connectivity index (χ3v) is 6.26. The second-order valence-corrected chi connectivity index (χ2v) is 8.87. The van der Waals surface area contributed by atoms with Crippen LogP contribution in [0, 0.1) is 17.3 Å². The zero-order valence-corrected chi connectivity index (χ0v) is 15.5. The van der Waals surface area contributed by atoms with E-state index in [1.54, 1.807) is 0 Å². The summed E-state index contributed by atoms with van der Waals surface area (Å²) in [5.74, 6) is 1.47. The number of hydrogen-bond donors (Lipinski definition) is 1. The molecule has 2 saturated carbocycles. The fourth-order valence-corrected chi connectivity index (χ4v) is 4.75. The molecule has 0 aromatic rings. The summed E-state index contributed by atoms with van der Waals surface area (Å²) in [7, 11) is 0. The van der Waals surface area contributed by atoms with E-state index in [1.165, 1.54) is 32.1 Å². The van der Waals surface area contributed by atoms with E-state index < -0.39 is 0 Å². The molecule has 4 nitrogen and oxygen atoms in total. The SMILES string of the molecule is CC(C)CC(=O)N1CC(CCC(=O)NC2CC2)C2(CCCCC2)C1. The molecule has 1 spiro atoms. The lowest BCUT2D eigenvalue weighted by Crippen LogP contribution is -2.35. The van der Waals surface area contributed by atoms with Crippen molar-refractivity contribution in [3.05, 3.63) is 0 Å². The van der Waals surface area contributed by atoms with Gasteiger partial charge < -0.3 is 10.2 Å². The second kappa shape index (κ2) is 7.45. The minimum absolute atomic E-state index is 0.218. The zero-order chi connectivity index (χ0) is 17.2. The highest BCUT2D eigenvalue weighted by molar-refractivity contribution is 5.77. The van der Waals surface area contributed by atoms with Crippen LogP contribution in [0.25, 0.3) is 0 Å². The highest BCUT2D eigenvalue weighted by Gasteiger charge is 2.47. The molecule has 1 heterocycles. The summed E-state index contributed by atoms with van der Waals surface area (Å²) in [6.45, 7) is 6.05. The number of hydrogen-bond acceptors (Lipinski definition) is 2. The van der Waals surface area contributed by atoms with Crippen molar-refractivity contribution in [3.8, 4) is 0 Å². The Morgan fingerprint density at radius 2 is 1.88 bits per heavy atom. The monoisotopic (exact) mass is 334 g/mol. The van der Waals surface area contributed by atoms with Gasteiger partial charge in [-0.05, 0) is 49.4 Å². The zero-order valence-electron chi connectivity index (χ0n) is 15.5. The molecule has 1 atom stereocenters. The van der Waals surface area contributed by atoms with Gasteiger partial charge in [0.05, 0.1) is 0 Å². The number of likely N-dealkylation sites (tertiary alicyclic amines) is 1. The number of carbonyl (C=O) groups excluding carboxylic acids is 2. The summed E-state index contributed by atoms with van der Waals surface area (Å²) in [5.41, 5.74) is 0.296. The summed E-state index contributed by atoms with van der Waals surface area (Å²) in [4.78, 5) is 26.8. The summed E-state index contributed by atoms with van der Waals surface area (Å²) < 4.78 is 0. The minimum atomic E-state index is 0.218. The molecule has 4 heteroatoms. The number of rotatable bonds is 6. The van der Waals surface area contributed by atoms with Gasteiger partial charge in [0.1, 0.15) is 0 Å². The largest absolute Gasteiger partial charge is 0.353 e. The molecule has 1 N–H and O–H groups in total. The number of amides is 2. The van der Waals surface area contributed by atoms with Crippen LogP contribution in [0.2, 0.25) is 0 Å². The van der Waals surface area contributed by atoms with Crippen LogP contribution in [0.1, 0.15) is 78.1 Å². The molecule has 0 radical (unpaired) electrons. The molecular formula is C20H34N2O2. The average molecular weight is 335 g/mol. The van der Waals surface area contributed by atoms with Crippen molar-refractivity contribution >= 4 is 11.8 Å². The van der Waals surface area contributed by atoms with E-state index in [0.29, 0.717) is 42.0 Å². The maximum atomic E-state index is 12.6. The van der Waals surface area contributed by atoms with Crippen molar-refractivity contribution in [1.82, 2.24) is 10.2 Å². The molecule has 2 aliphatic carbocycles. The Hall–Kier alpha value is -1.06. The van der Waals surface area contributed by atoms with Crippen LogP contribution < -0.4 is 5.32 Å². The molecule has 3 rings (SSSR count). The second-order valence-electron chi connectivity index (χ2n) is 8.87. The summed E-state index contributed by atoms with van der Waals surface area (Å²) in [6, 6.07) is 0.453. The maximum Gasteiger partial charge on any atom is 0.222 e. The van der Waals surface area contributed by atoms with E-state index in [2.05, 4.69) is 24.1 Å². The van der Waals surface area contributed by atoms with E-state index in [4.69, 9.17) is 0 Å². The number of nitrogens with one attached hydrogen (secondary N) is 1. The van der Waals surface area contributed by atoms with Gasteiger partial charge in [0.2, 0.25) is 11.8 Å². The first kappa shape index (κ1) is 17.8. The van der Waals surface area contributed by atoms with Crippen LogP contribution in [0.3, 0.4) is 0 Å². The molecule has 3 fully saturated rings. The first-order valence-electron chi connectivity index (χ1n) is 10.1. The third kappa shape index (κ3) is 4.31. The molecule has 0 aromatic carbocycles. The Balaban J connectivity index is 1.60. The van der Waals surface area contributed by atoms with Crippen LogP contribution >= 0.6 is 0 Å². The summed E-state index contributed by atoms with van der Waals surface area (Å²) >= 11 is 0. The normalized spacial score (nSPS) is 26.1.